The lowest BCUT2D eigenvalue weighted by molar-refractivity contribution is 0.584. The molecule has 0 aliphatic carbocycles. The molecule has 0 aromatic heterocycles. The van der Waals surface area contributed by atoms with E-state index in [0.717, 1.165) is 10.0 Å². The molecule has 2 aromatic carbocycles. The van der Waals surface area contributed by atoms with Gasteiger partial charge in [0.2, 0.25) is 0 Å². The molecule has 6 heteroatoms. The summed E-state index contributed by atoms with van der Waals surface area (Å²) in [4.78, 5) is 2.32. The van der Waals surface area contributed by atoms with E-state index in [2.05, 4.69) is 25.9 Å². The van der Waals surface area contributed by atoms with Crippen LogP contribution in [0.3, 0.4) is 0 Å². The van der Waals surface area contributed by atoms with Crippen LogP contribution in [0.15, 0.2) is 75.1 Å². The second kappa shape index (κ2) is 7.19. The number of hydrogen-bond donors (Lipinski definition) is 1. The minimum atomic E-state index is -3.62. The molecule has 0 unspecified atom stereocenters. The normalized spacial score (nSPS) is 12.0. The second-order valence-electron chi connectivity index (χ2n) is 4.10. The molecule has 0 heterocycles. The molecule has 0 fully saturated rings. The summed E-state index contributed by atoms with van der Waals surface area (Å²) >= 11 is 3.25. The summed E-state index contributed by atoms with van der Waals surface area (Å²) in [6.45, 7) is 0. The zero-order chi connectivity index (χ0) is 15.1. The van der Waals surface area contributed by atoms with Gasteiger partial charge in [0.15, 0.2) is 0 Å². The van der Waals surface area contributed by atoms with Gasteiger partial charge < -0.3 is 0 Å². The molecule has 2 aromatic rings. The zero-order valence-corrected chi connectivity index (χ0v) is 13.4. The maximum absolute atomic E-state index is 11.9. The van der Waals surface area contributed by atoms with E-state index in [0.29, 0.717) is 0 Å². The Balaban J connectivity index is 1.97. The van der Waals surface area contributed by atoms with Crippen LogP contribution in [0.5, 0.6) is 0 Å². The smallest absolute Gasteiger partial charge is 0.200 e. The third-order valence-corrected chi connectivity index (χ3v) is 4.31. The average Bonchev–Trinajstić information content (AvgIpc) is 2.48. The first-order valence-corrected chi connectivity index (χ1v) is 8.38. The summed E-state index contributed by atoms with van der Waals surface area (Å²) in [6.07, 6.45) is 4.89. The van der Waals surface area contributed by atoms with Crippen molar-refractivity contribution >= 4 is 38.2 Å². The van der Waals surface area contributed by atoms with Crippen LogP contribution in [0.25, 0.3) is 6.08 Å². The highest BCUT2D eigenvalue weighted by atomic mass is 79.9. The van der Waals surface area contributed by atoms with E-state index in [4.69, 9.17) is 0 Å². The Labute approximate surface area is 132 Å². The van der Waals surface area contributed by atoms with Crippen molar-refractivity contribution in [3.63, 3.8) is 0 Å². The summed E-state index contributed by atoms with van der Waals surface area (Å²) in [5, 5.41) is 3.70. The molecular formula is C15H13BrN2O2S. The van der Waals surface area contributed by atoms with E-state index in [-0.39, 0.29) is 4.90 Å². The Morgan fingerprint density at radius 1 is 1.00 bits per heavy atom. The number of rotatable bonds is 5. The Hall–Kier alpha value is -1.92. The average molecular weight is 365 g/mol. The topological polar surface area (TPSA) is 58.5 Å². The molecule has 21 heavy (non-hydrogen) atoms. The van der Waals surface area contributed by atoms with Crippen molar-refractivity contribution in [2.24, 2.45) is 5.10 Å². The quantitative estimate of drug-likeness (QED) is 0.652. The van der Waals surface area contributed by atoms with Gasteiger partial charge in [0.25, 0.3) is 10.0 Å². The van der Waals surface area contributed by atoms with Crippen molar-refractivity contribution in [3.05, 3.63) is 70.7 Å². The third kappa shape index (κ3) is 4.84. The first kappa shape index (κ1) is 15.5. The Morgan fingerprint density at radius 2 is 1.67 bits per heavy atom. The molecule has 108 valence electrons. The number of hydrogen-bond acceptors (Lipinski definition) is 3. The fraction of sp³-hybridized carbons (Fsp3) is 0. The first-order chi connectivity index (χ1) is 10.1. The predicted octanol–water partition coefficient (Wildman–Crippen LogP) is 3.43. The Kier molecular flexibility index (Phi) is 5.30. The van der Waals surface area contributed by atoms with Gasteiger partial charge in [-0.05, 0) is 35.9 Å². The van der Waals surface area contributed by atoms with Crippen LogP contribution in [0.4, 0.5) is 0 Å². The van der Waals surface area contributed by atoms with Crippen molar-refractivity contribution in [1.82, 2.24) is 4.83 Å². The van der Waals surface area contributed by atoms with Crippen LogP contribution < -0.4 is 4.83 Å². The zero-order valence-electron chi connectivity index (χ0n) is 11.0. The Morgan fingerprint density at radius 3 is 2.33 bits per heavy atom. The summed E-state index contributed by atoms with van der Waals surface area (Å²) in [7, 11) is -3.62. The lowest BCUT2D eigenvalue weighted by Gasteiger charge is -2.02. The van der Waals surface area contributed by atoms with Crippen molar-refractivity contribution in [2.75, 3.05) is 0 Å². The number of hydrazone groups is 1. The van der Waals surface area contributed by atoms with E-state index < -0.39 is 10.0 Å². The number of sulfonamides is 1. The number of benzene rings is 2. The van der Waals surface area contributed by atoms with Crippen LogP contribution in [-0.4, -0.2) is 14.6 Å². The van der Waals surface area contributed by atoms with E-state index in [1.807, 2.05) is 36.4 Å². The molecule has 0 aliphatic heterocycles. The van der Waals surface area contributed by atoms with Crippen LogP contribution in [0, 0.1) is 0 Å². The van der Waals surface area contributed by atoms with Gasteiger partial charge >= 0.3 is 0 Å². The number of nitrogens with one attached hydrogen (secondary N) is 1. The number of halogens is 1. The minimum Gasteiger partial charge on any atom is -0.200 e. The van der Waals surface area contributed by atoms with Crippen molar-refractivity contribution in [1.29, 1.82) is 0 Å². The molecule has 0 radical (unpaired) electrons. The maximum atomic E-state index is 11.9. The standard InChI is InChI=1S/C15H13BrN2O2S/c16-14-8-10-15(11-9-14)21(19,20)18-17-12-4-7-13-5-2-1-3-6-13/h1-12,18H/b7-4-,17-12?. The molecule has 0 saturated carbocycles. The highest BCUT2D eigenvalue weighted by Crippen LogP contribution is 2.14. The van der Waals surface area contributed by atoms with E-state index in [1.165, 1.54) is 18.3 Å². The molecule has 2 rings (SSSR count). The molecule has 0 spiro atoms. The van der Waals surface area contributed by atoms with Crippen molar-refractivity contribution < 1.29 is 8.42 Å². The first-order valence-electron chi connectivity index (χ1n) is 6.10. The lowest BCUT2D eigenvalue weighted by Crippen LogP contribution is -2.17. The van der Waals surface area contributed by atoms with Gasteiger partial charge in [-0.15, -0.1) is 0 Å². The van der Waals surface area contributed by atoms with Crippen LogP contribution in [0.2, 0.25) is 0 Å². The fourth-order valence-electron chi connectivity index (χ4n) is 1.53. The second-order valence-corrected chi connectivity index (χ2v) is 6.67. The van der Waals surface area contributed by atoms with E-state index in [9.17, 15) is 8.42 Å². The van der Waals surface area contributed by atoms with Crippen molar-refractivity contribution in [2.45, 2.75) is 4.90 Å². The van der Waals surface area contributed by atoms with E-state index in [1.54, 1.807) is 18.2 Å². The van der Waals surface area contributed by atoms with Gasteiger partial charge in [-0.1, -0.05) is 52.3 Å². The van der Waals surface area contributed by atoms with Gasteiger partial charge in [-0.25, -0.2) is 4.83 Å². The minimum absolute atomic E-state index is 0.162. The number of allylic oxidation sites excluding steroid dienone is 1. The lowest BCUT2D eigenvalue weighted by atomic mass is 10.2. The van der Waals surface area contributed by atoms with Gasteiger partial charge in [-0.2, -0.15) is 13.5 Å². The molecule has 0 saturated heterocycles. The predicted molar refractivity (Wildman–Crippen MR) is 88.4 cm³/mol. The largest absolute Gasteiger partial charge is 0.276 e. The SMILES string of the molecule is O=S(=O)(NN=C/C=C\c1ccccc1)c1ccc(Br)cc1. The molecule has 0 atom stereocenters. The van der Waals surface area contributed by atoms with Crippen molar-refractivity contribution in [3.8, 4) is 0 Å². The highest BCUT2D eigenvalue weighted by Gasteiger charge is 2.11. The summed E-state index contributed by atoms with van der Waals surface area (Å²) in [5.74, 6) is 0. The summed E-state index contributed by atoms with van der Waals surface area (Å²) in [5.41, 5.74) is 1.01. The third-order valence-electron chi connectivity index (χ3n) is 2.55. The molecule has 0 bridgehead atoms. The number of nitrogens with zero attached hydrogens (tertiary/aromatic N) is 1. The van der Waals surface area contributed by atoms with Crippen LogP contribution >= 0.6 is 15.9 Å². The van der Waals surface area contributed by atoms with Gasteiger partial charge in [0.05, 0.1) is 4.90 Å². The maximum Gasteiger partial charge on any atom is 0.276 e. The highest BCUT2D eigenvalue weighted by molar-refractivity contribution is 9.10. The molecule has 4 nitrogen and oxygen atoms in total. The monoisotopic (exact) mass is 364 g/mol. The van der Waals surface area contributed by atoms with Gasteiger partial charge in [0.1, 0.15) is 0 Å². The summed E-state index contributed by atoms with van der Waals surface area (Å²) < 4.78 is 24.6. The summed E-state index contributed by atoms with van der Waals surface area (Å²) in [6, 6.07) is 16.0. The molecule has 0 aliphatic rings. The fourth-order valence-corrected chi connectivity index (χ4v) is 2.59. The molecule has 0 amide bonds. The van der Waals surface area contributed by atoms with Gasteiger partial charge in [-0.3, -0.25) is 0 Å². The van der Waals surface area contributed by atoms with Gasteiger partial charge in [0, 0.05) is 10.7 Å². The Bertz CT molecular complexity index is 739. The van der Waals surface area contributed by atoms with Crippen LogP contribution in [0.1, 0.15) is 5.56 Å². The van der Waals surface area contributed by atoms with Crippen LogP contribution in [-0.2, 0) is 10.0 Å². The molecular weight excluding hydrogens is 352 g/mol. The van der Waals surface area contributed by atoms with E-state index >= 15 is 0 Å². The molecule has 1 N–H and O–H groups in total.